The highest BCUT2D eigenvalue weighted by Gasteiger charge is 2.03. The minimum atomic E-state index is -0.873. The second-order valence-corrected chi connectivity index (χ2v) is 3.13. The number of aliphatic hydroxyl groups is 1. The normalized spacial score (nSPS) is 13.1. The first-order valence-corrected chi connectivity index (χ1v) is 3.86. The molecule has 1 aromatic rings. The summed E-state index contributed by atoms with van der Waals surface area (Å²) in [5.74, 6) is -0.378. The average Bonchev–Trinajstić information content (AvgIpc) is 1.85. The Morgan fingerprint density at radius 1 is 1.45 bits per heavy atom. The van der Waals surface area contributed by atoms with E-state index in [0.29, 0.717) is 10.0 Å². The van der Waals surface area contributed by atoms with Gasteiger partial charge in [0.05, 0.1) is 6.10 Å². The van der Waals surface area contributed by atoms with Crippen molar-refractivity contribution in [3.8, 4) is 0 Å². The van der Waals surface area contributed by atoms with Crippen LogP contribution in [0.3, 0.4) is 0 Å². The number of rotatable bonds is 1. The summed E-state index contributed by atoms with van der Waals surface area (Å²) in [6, 6.07) is 4.20. The van der Waals surface area contributed by atoms with E-state index in [9.17, 15) is 4.39 Å². The molecule has 0 heterocycles. The van der Waals surface area contributed by atoms with Crippen molar-refractivity contribution < 1.29 is 9.50 Å². The van der Waals surface area contributed by atoms with Gasteiger partial charge in [-0.3, -0.25) is 0 Å². The van der Waals surface area contributed by atoms with Gasteiger partial charge in [0, 0.05) is 4.47 Å². The molecule has 0 aliphatic rings. The Hall–Kier alpha value is -0.410. The molecular weight excluding hydrogens is 211 g/mol. The summed E-state index contributed by atoms with van der Waals surface area (Å²) in [5.41, 5.74) is 0.469. The molecule has 1 aromatic carbocycles. The molecule has 0 bridgehead atoms. The highest BCUT2D eigenvalue weighted by molar-refractivity contribution is 9.10. The Balaban J connectivity index is 3.08. The molecule has 3 heteroatoms. The highest BCUT2D eigenvalue weighted by Crippen LogP contribution is 2.19. The van der Waals surface area contributed by atoms with Gasteiger partial charge in [-0.25, -0.2) is 4.39 Å². The van der Waals surface area contributed by atoms with Gasteiger partial charge in [-0.05, 0) is 30.7 Å². The van der Waals surface area contributed by atoms with Gasteiger partial charge in [-0.2, -0.15) is 0 Å². The van der Waals surface area contributed by atoms with E-state index in [4.69, 9.17) is 5.11 Å². The molecule has 1 N–H and O–H groups in total. The fraction of sp³-hybridized carbons (Fsp3) is 0.125. The standard InChI is InChI=1S/C8H7BrFO/c1-5(11)6-2-7(9)4-8(10)3-6/h2-5,11H,1H2. The predicted molar refractivity (Wildman–Crippen MR) is 44.4 cm³/mol. The molecule has 1 radical (unpaired) electrons. The van der Waals surface area contributed by atoms with Crippen molar-refractivity contribution in [2.45, 2.75) is 6.10 Å². The van der Waals surface area contributed by atoms with Gasteiger partial charge in [0.15, 0.2) is 0 Å². The molecule has 0 fully saturated rings. The quantitative estimate of drug-likeness (QED) is 0.767. The summed E-state index contributed by atoms with van der Waals surface area (Å²) in [4.78, 5) is 0. The molecular formula is C8H7BrFO. The van der Waals surface area contributed by atoms with Crippen molar-refractivity contribution in [1.82, 2.24) is 0 Å². The van der Waals surface area contributed by atoms with Crippen molar-refractivity contribution in [1.29, 1.82) is 0 Å². The van der Waals surface area contributed by atoms with Crippen LogP contribution in [-0.2, 0) is 0 Å². The Morgan fingerprint density at radius 3 is 2.55 bits per heavy atom. The highest BCUT2D eigenvalue weighted by atomic mass is 79.9. The van der Waals surface area contributed by atoms with Crippen molar-refractivity contribution in [2.75, 3.05) is 0 Å². The number of halogens is 2. The lowest BCUT2D eigenvalue weighted by Gasteiger charge is -2.04. The van der Waals surface area contributed by atoms with Crippen LogP contribution in [0.25, 0.3) is 0 Å². The second kappa shape index (κ2) is 3.32. The Bertz CT molecular complexity index is 240. The van der Waals surface area contributed by atoms with Gasteiger partial charge < -0.3 is 5.11 Å². The first-order valence-electron chi connectivity index (χ1n) is 3.07. The van der Waals surface area contributed by atoms with Gasteiger partial charge in [0.1, 0.15) is 5.82 Å². The van der Waals surface area contributed by atoms with Gasteiger partial charge in [0.25, 0.3) is 0 Å². The van der Waals surface area contributed by atoms with Crippen LogP contribution in [0, 0.1) is 12.7 Å². The number of aliphatic hydroxyl groups excluding tert-OH is 1. The van der Waals surface area contributed by atoms with Crippen molar-refractivity contribution in [2.24, 2.45) is 0 Å². The molecule has 11 heavy (non-hydrogen) atoms. The summed E-state index contributed by atoms with van der Waals surface area (Å²) in [5, 5.41) is 8.97. The van der Waals surface area contributed by atoms with Crippen LogP contribution in [0.2, 0.25) is 0 Å². The Labute approximate surface area is 73.0 Å². The van der Waals surface area contributed by atoms with E-state index < -0.39 is 6.10 Å². The van der Waals surface area contributed by atoms with Gasteiger partial charge in [-0.1, -0.05) is 15.9 Å². The molecule has 0 aliphatic carbocycles. The molecule has 1 rings (SSSR count). The Morgan fingerprint density at radius 2 is 2.09 bits per heavy atom. The van der Waals surface area contributed by atoms with Gasteiger partial charge >= 0.3 is 0 Å². The maximum absolute atomic E-state index is 12.6. The van der Waals surface area contributed by atoms with Crippen LogP contribution < -0.4 is 0 Å². The first kappa shape index (κ1) is 8.68. The van der Waals surface area contributed by atoms with E-state index in [1.807, 2.05) is 0 Å². The lowest BCUT2D eigenvalue weighted by Crippen LogP contribution is -1.91. The third-order valence-electron chi connectivity index (χ3n) is 1.27. The second-order valence-electron chi connectivity index (χ2n) is 2.22. The van der Waals surface area contributed by atoms with Crippen LogP contribution in [0.5, 0.6) is 0 Å². The minimum Gasteiger partial charge on any atom is -0.388 e. The zero-order chi connectivity index (χ0) is 8.43. The summed E-state index contributed by atoms with van der Waals surface area (Å²) in [7, 11) is 0. The first-order chi connectivity index (χ1) is 5.09. The largest absolute Gasteiger partial charge is 0.388 e. The molecule has 0 aliphatic heterocycles. The van der Waals surface area contributed by atoms with Crippen LogP contribution in [0.4, 0.5) is 4.39 Å². The number of hydrogen-bond acceptors (Lipinski definition) is 1. The molecule has 1 nitrogen and oxygen atoms in total. The third-order valence-corrected chi connectivity index (χ3v) is 1.73. The van der Waals surface area contributed by atoms with Gasteiger partial charge in [0.2, 0.25) is 0 Å². The van der Waals surface area contributed by atoms with E-state index in [2.05, 4.69) is 22.9 Å². The van der Waals surface area contributed by atoms with Gasteiger partial charge in [-0.15, -0.1) is 0 Å². The topological polar surface area (TPSA) is 20.2 Å². The lowest BCUT2D eigenvalue weighted by atomic mass is 10.1. The SMILES string of the molecule is [CH2]C(O)c1cc(F)cc(Br)c1. The monoisotopic (exact) mass is 217 g/mol. The van der Waals surface area contributed by atoms with Crippen molar-refractivity contribution >= 4 is 15.9 Å². The van der Waals surface area contributed by atoms with Crippen molar-refractivity contribution in [3.05, 3.63) is 41.0 Å². The zero-order valence-electron chi connectivity index (χ0n) is 5.72. The fourth-order valence-corrected chi connectivity index (χ4v) is 1.25. The Kier molecular flexibility index (Phi) is 2.62. The lowest BCUT2D eigenvalue weighted by molar-refractivity contribution is 0.225. The van der Waals surface area contributed by atoms with E-state index in [1.54, 1.807) is 6.07 Å². The summed E-state index contributed by atoms with van der Waals surface area (Å²) in [6.07, 6.45) is -0.873. The zero-order valence-corrected chi connectivity index (χ0v) is 7.31. The molecule has 1 unspecified atom stereocenters. The number of benzene rings is 1. The van der Waals surface area contributed by atoms with E-state index in [1.165, 1.54) is 12.1 Å². The average molecular weight is 218 g/mol. The number of hydrogen-bond donors (Lipinski definition) is 1. The maximum Gasteiger partial charge on any atom is 0.124 e. The fourth-order valence-electron chi connectivity index (χ4n) is 0.768. The molecule has 0 amide bonds. The molecule has 1 atom stereocenters. The van der Waals surface area contributed by atoms with E-state index in [0.717, 1.165) is 0 Å². The van der Waals surface area contributed by atoms with Crippen LogP contribution in [0.1, 0.15) is 11.7 Å². The minimum absolute atomic E-state index is 0.378. The molecule has 0 saturated carbocycles. The molecule has 0 aromatic heterocycles. The predicted octanol–water partition coefficient (Wildman–Crippen LogP) is 2.46. The summed E-state index contributed by atoms with van der Waals surface area (Å²) >= 11 is 3.10. The van der Waals surface area contributed by atoms with Crippen LogP contribution >= 0.6 is 15.9 Å². The smallest absolute Gasteiger partial charge is 0.124 e. The molecule has 0 saturated heterocycles. The summed E-state index contributed by atoms with van der Waals surface area (Å²) in [6.45, 7) is 3.36. The maximum atomic E-state index is 12.6. The molecule has 0 spiro atoms. The van der Waals surface area contributed by atoms with Crippen LogP contribution in [0.15, 0.2) is 22.7 Å². The third kappa shape index (κ3) is 2.27. The molecule has 59 valence electrons. The van der Waals surface area contributed by atoms with E-state index in [-0.39, 0.29) is 5.82 Å². The van der Waals surface area contributed by atoms with Crippen molar-refractivity contribution in [3.63, 3.8) is 0 Å². The summed E-state index contributed by atoms with van der Waals surface area (Å²) < 4.78 is 13.2. The van der Waals surface area contributed by atoms with E-state index >= 15 is 0 Å². The van der Waals surface area contributed by atoms with Crippen LogP contribution in [-0.4, -0.2) is 5.11 Å².